The van der Waals surface area contributed by atoms with Gasteiger partial charge in [0.15, 0.2) is 0 Å². The van der Waals surface area contributed by atoms with Crippen LogP contribution in [0.1, 0.15) is 31.4 Å². The minimum Gasteiger partial charge on any atom is -0.494 e. The minimum atomic E-state index is -0.159. The topological polar surface area (TPSA) is 59.7 Å². The summed E-state index contributed by atoms with van der Waals surface area (Å²) in [6, 6.07) is 36.0. The number of amides is 1. The number of para-hydroxylation sites is 2. The molecule has 0 spiro atoms. The van der Waals surface area contributed by atoms with Crippen molar-refractivity contribution in [1.29, 1.82) is 0 Å². The van der Waals surface area contributed by atoms with Crippen molar-refractivity contribution in [2.24, 2.45) is 11.0 Å². The summed E-state index contributed by atoms with van der Waals surface area (Å²) in [5.41, 5.74) is 6.70. The highest BCUT2D eigenvalue weighted by atomic mass is 32.2. The third-order valence-corrected chi connectivity index (χ3v) is 8.53. The molecule has 0 bridgehead atoms. The lowest BCUT2D eigenvalue weighted by Gasteiger charge is -2.11. The molecular formula is C38H36N4O2S. The van der Waals surface area contributed by atoms with Crippen molar-refractivity contribution < 1.29 is 9.53 Å². The maximum Gasteiger partial charge on any atom is 0.280 e. The molecule has 0 saturated heterocycles. The molecule has 0 saturated carbocycles. The third-order valence-electron chi connectivity index (χ3n) is 7.51. The van der Waals surface area contributed by atoms with E-state index < -0.39 is 0 Å². The molecule has 0 unspecified atom stereocenters. The highest BCUT2D eigenvalue weighted by molar-refractivity contribution is 8.00. The Balaban J connectivity index is 1.37. The molecule has 1 aromatic heterocycles. The molecule has 1 aliphatic heterocycles. The van der Waals surface area contributed by atoms with Crippen molar-refractivity contribution in [3.8, 4) is 22.7 Å². The second-order valence-corrected chi connectivity index (χ2v) is 12.5. The standard InChI is InChI=1S/C38H36N4O2S/c1-27(2)22-23-44-33-18-16-29(17-19-33)37-30(25-41(40-37)31-10-6-4-7-11-31)24-35-36(26-45-34-20-14-28(3)15-21-34)39-42(38(35)43)32-12-8-5-9-13-32/h4-21,24-25,27H,22-23,26H2,1-3H3. The van der Waals surface area contributed by atoms with E-state index in [9.17, 15) is 4.79 Å². The number of benzene rings is 4. The lowest BCUT2D eigenvalue weighted by molar-refractivity contribution is -0.114. The molecule has 4 aromatic carbocycles. The summed E-state index contributed by atoms with van der Waals surface area (Å²) in [5.74, 6) is 1.80. The number of aromatic nitrogens is 2. The number of thioether (sulfide) groups is 1. The van der Waals surface area contributed by atoms with Crippen molar-refractivity contribution in [1.82, 2.24) is 9.78 Å². The molecule has 0 atom stereocenters. The van der Waals surface area contributed by atoms with Gasteiger partial charge in [0.05, 0.1) is 35.0 Å². The Hall–Kier alpha value is -4.88. The van der Waals surface area contributed by atoms with Gasteiger partial charge in [0.1, 0.15) is 5.75 Å². The molecule has 7 heteroatoms. The quantitative estimate of drug-likeness (QED) is 0.110. The van der Waals surface area contributed by atoms with Gasteiger partial charge in [-0.2, -0.15) is 15.2 Å². The van der Waals surface area contributed by atoms with Gasteiger partial charge in [-0.05, 0) is 86.0 Å². The smallest absolute Gasteiger partial charge is 0.280 e. The molecule has 0 N–H and O–H groups in total. The summed E-state index contributed by atoms with van der Waals surface area (Å²) >= 11 is 1.67. The molecule has 0 aliphatic carbocycles. The number of hydrogen-bond acceptors (Lipinski definition) is 5. The molecule has 2 heterocycles. The Morgan fingerprint density at radius 3 is 2.18 bits per heavy atom. The van der Waals surface area contributed by atoms with Crippen LogP contribution in [0.3, 0.4) is 0 Å². The molecular weight excluding hydrogens is 577 g/mol. The molecule has 0 fully saturated rings. The average Bonchev–Trinajstić information content (AvgIpc) is 3.63. The number of aryl methyl sites for hydroxylation is 1. The van der Waals surface area contributed by atoms with Crippen LogP contribution in [0.15, 0.2) is 131 Å². The summed E-state index contributed by atoms with van der Waals surface area (Å²) in [4.78, 5) is 15.1. The van der Waals surface area contributed by atoms with Gasteiger partial charge in [0.25, 0.3) is 5.91 Å². The molecule has 6 rings (SSSR count). The number of hydrazone groups is 1. The van der Waals surface area contributed by atoms with E-state index in [4.69, 9.17) is 14.9 Å². The van der Waals surface area contributed by atoms with Crippen molar-refractivity contribution in [3.63, 3.8) is 0 Å². The molecule has 1 amide bonds. The van der Waals surface area contributed by atoms with Crippen LogP contribution in [0.5, 0.6) is 5.75 Å². The van der Waals surface area contributed by atoms with E-state index in [0.29, 0.717) is 23.9 Å². The number of rotatable bonds is 11. The van der Waals surface area contributed by atoms with Gasteiger partial charge in [-0.15, -0.1) is 11.8 Å². The van der Waals surface area contributed by atoms with Crippen LogP contribution in [0, 0.1) is 12.8 Å². The first-order valence-corrected chi connectivity index (χ1v) is 16.2. The first-order valence-electron chi connectivity index (χ1n) is 15.2. The zero-order valence-corrected chi connectivity index (χ0v) is 26.6. The Kier molecular flexibility index (Phi) is 9.27. The van der Waals surface area contributed by atoms with Crippen LogP contribution in [-0.2, 0) is 4.79 Å². The predicted octanol–water partition coefficient (Wildman–Crippen LogP) is 8.85. The van der Waals surface area contributed by atoms with E-state index >= 15 is 0 Å². The minimum absolute atomic E-state index is 0.159. The van der Waals surface area contributed by atoms with Gasteiger partial charge < -0.3 is 4.74 Å². The summed E-state index contributed by atoms with van der Waals surface area (Å²) in [6.45, 7) is 7.14. The number of hydrogen-bond donors (Lipinski definition) is 0. The van der Waals surface area contributed by atoms with Crippen molar-refractivity contribution in [3.05, 3.63) is 132 Å². The Labute approximate surface area is 269 Å². The highest BCUT2D eigenvalue weighted by Gasteiger charge is 2.31. The Morgan fingerprint density at radius 1 is 0.844 bits per heavy atom. The van der Waals surface area contributed by atoms with Gasteiger partial charge >= 0.3 is 0 Å². The number of carbonyl (C=O) groups excluding carboxylic acids is 1. The van der Waals surface area contributed by atoms with Crippen molar-refractivity contribution in [2.45, 2.75) is 32.1 Å². The third kappa shape index (κ3) is 7.27. The number of carbonyl (C=O) groups is 1. The zero-order chi connectivity index (χ0) is 31.2. The van der Waals surface area contributed by atoms with Gasteiger partial charge in [-0.3, -0.25) is 4.79 Å². The lowest BCUT2D eigenvalue weighted by Crippen LogP contribution is -2.21. The monoisotopic (exact) mass is 612 g/mol. The normalized spacial score (nSPS) is 14.0. The fraction of sp³-hybridized carbons (Fsp3) is 0.184. The number of nitrogens with zero attached hydrogens (tertiary/aromatic N) is 4. The van der Waals surface area contributed by atoms with Gasteiger partial charge in [-0.25, -0.2) is 4.68 Å². The fourth-order valence-electron chi connectivity index (χ4n) is 4.95. The molecule has 5 aromatic rings. The molecule has 0 radical (unpaired) electrons. The summed E-state index contributed by atoms with van der Waals surface area (Å²) in [7, 11) is 0. The maximum absolute atomic E-state index is 14.0. The van der Waals surface area contributed by atoms with E-state index in [0.717, 1.165) is 51.0 Å². The molecule has 1 aliphatic rings. The van der Waals surface area contributed by atoms with E-state index in [1.54, 1.807) is 11.8 Å². The molecule has 6 nitrogen and oxygen atoms in total. The van der Waals surface area contributed by atoms with Crippen molar-refractivity contribution in [2.75, 3.05) is 17.4 Å². The summed E-state index contributed by atoms with van der Waals surface area (Å²) in [5, 5.41) is 11.3. The first kappa shape index (κ1) is 30.2. The lowest BCUT2D eigenvalue weighted by atomic mass is 10.0. The van der Waals surface area contributed by atoms with Gasteiger partial charge in [-0.1, -0.05) is 67.9 Å². The van der Waals surface area contributed by atoms with Crippen LogP contribution in [0.25, 0.3) is 23.0 Å². The van der Waals surface area contributed by atoms with Crippen molar-refractivity contribution >= 4 is 35.1 Å². The zero-order valence-electron chi connectivity index (χ0n) is 25.8. The van der Waals surface area contributed by atoms with E-state index in [1.165, 1.54) is 10.6 Å². The van der Waals surface area contributed by atoms with E-state index in [1.807, 2.05) is 102 Å². The summed E-state index contributed by atoms with van der Waals surface area (Å²) in [6.07, 6.45) is 4.92. The van der Waals surface area contributed by atoms with Crippen LogP contribution >= 0.6 is 11.8 Å². The molecule has 45 heavy (non-hydrogen) atoms. The van der Waals surface area contributed by atoms with E-state index in [2.05, 4.69) is 45.0 Å². The second kappa shape index (κ2) is 13.8. The first-order chi connectivity index (χ1) is 21.9. The van der Waals surface area contributed by atoms with E-state index in [-0.39, 0.29) is 5.91 Å². The Morgan fingerprint density at radius 2 is 1.51 bits per heavy atom. The van der Waals surface area contributed by atoms with Crippen LogP contribution in [-0.4, -0.2) is 33.8 Å². The van der Waals surface area contributed by atoms with Gasteiger partial charge in [0.2, 0.25) is 0 Å². The van der Waals surface area contributed by atoms with Crippen LogP contribution in [0.4, 0.5) is 5.69 Å². The number of ether oxygens (including phenoxy) is 1. The Bertz CT molecular complexity index is 1810. The van der Waals surface area contributed by atoms with Gasteiger partial charge in [0, 0.05) is 28.0 Å². The largest absolute Gasteiger partial charge is 0.494 e. The maximum atomic E-state index is 14.0. The SMILES string of the molecule is Cc1ccc(SCC2=NN(c3ccccc3)C(=O)C2=Cc2cn(-c3ccccc3)nc2-c2ccc(OCCC(C)C)cc2)cc1. The summed E-state index contributed by atoms with van der Waals surface area (Å²) < 4.78 is 7.83. The number of anilines is 1. The molecule has 226 valence electrons. The highest BCUT2D eigenvalue weighted by Crippen LogP contribution is 2.32. The van der Waals surface area contributed by atoms with Crippen LogP contribution in [0.2, 0.25) is 0 Å². The fourth-order valence-corrected chi connectivity index (χ4v) is 5.79. The average molecular weight is 613 g/mol. The van der Waals surface area contributed by atoms with Crippen LogP contribution < -0.4 is 9.75 Å². The second-order valence-electron chi connectivity index (χ2n) is 11.4. The predicted molar refractivity (Wildman–Crippen MR) is 185 cm³/mol.